The van der Waals surface area contributed by atoms with Crippen molar-refractivity contribution in [2.24, 2.45) is 0 Å². The van der Waals surface area contributed by atoms with Crippen molar-refractivity contribution in [3.63, 3.8) is 0 Å². The number of carbonyl (C=O) groups excluding carboxylic acids is 1. The number of piperazine rings is 1. The van der Waals surface area contributed by atoms with E-state index >= 15 is 0 Å². The summed E-state index contributed by atoms with van der Waals surface area (Å²) >= 11 is 0. The summed E-state index contributed by atoms with van der Waals surface area (Å²) in [4.78, 5) is 34.2. The molecule has 0 radical (unpaired) electrons. The Kier molecular flexibility index (Phi) is 5.40. The van der Waals surface area contributed by atoms with Crippen LogP contribution in [0.5, 0.6) is 0 Å². The molecule has 2 aromatic heterocycles. The van der Waals surface area contributed by atoms with E-state index in [1.807, 2.05) is 43.0 Å². The zero-order chi connectivity index (χ0) is 20.4. The first-order chi connectivity index (χ1) is 14.0. The van der Waals surface area contributed by atoms with Crippen LogP contribution in [0.4, 0.5) is 0 Å². The summed E-state index contributed by atoms with van der Waals surface area (Å²) in [6.45, 7) is 7.53. The molecule has 0 N–H and O–H groups in total. The summed E-state index contributed by atoms with van der Waals surface area (Å²) in [5, 5.41) is 5.62. The molecular weight excluding hydrogens is 366 g/mol. The summed E-state index contributed by atoms with van der Waals surface area (Å²) < 4.78 is 1.41. The lowest BCUT2D eigenvalue weighted by atomic mass is 10.1. The highest BCUT2D eigenvalue weighted by Crippen LogP contribution is 2.18. The molecule has 1 saturated heterocycles. The van der Waals surface area contributed by atoms with Gasteiger partial charge in [0, 0.05) is 50.5 Å². The van der Waals surface area contributed by atoms with Crippen LogP contribution in [-0.4, -0.2) is 56.7 Å². The quantitative estimate of drug-likeness (QED) is 0.683. The van der Waals surface area contributed by atoms with E-state index in [0.717, 1.165) is 19.6 Å². The molecule has 29 heavy (non-hydrogen) atoms. The van der Waals surface area contributed by atoms with Gasteiger partial charge in [0.1, 0.15) is 0 Å². The summed E-state index contributed by atoms with van der Waals surface area (Å²) in [6, 6.07) is 11.2. The maximum absolute atomic E-state index is 13.3. The molecule has 0 bridgehead atoms. The van der Waals surface area contributed by atoms with Crippen molar-refractivity contribution in [1.82, 2.24) is 24.6 Å². The van der Waals surface area contributed by atoms with E-state index in [1.165, 1.54) is 10.2 Å². The number of aromatic nitrogens is 3. The van der Waals surface area contributed by atoms with Gasteiger partial charge in [-0.1, -0.05) is 18.2 Å². The van der Waals surface area contributed by atoms with Gasteiger partial charge in [-0.3, -0.25) is 19.5 Å². The minimum Gasteiger partial charge on any atom is -0.335 e. The summed E-state index contributed by atoms with van der Waals surface area (Å²) in [5.74, 6) is -0.112. The maximum atomic E-state index is 13.3. The first-order valence-electron chi connectivity index (χ1n) is 9.96. The third-order valence-electron chi connectivity index (χ3n) is 5.34. The highest BCUT2D eigenvalue weighted by molar-refractivity contribution is 6.04. The predicted molar refractivity (Wildman–Crippen MR) is 112 cm³/mol. The van der Waals surface area contributed by atoms with E-state index in [0.29, 0.717) is 29.6 Å². The molecule has 1 aromatic carbocycles. The molecule has 7 heteroatoms. The topological polar surface area (TPSA) is 71.3 Å². The standard InChI is InChI=1S/C22H25N5O2/c1-16(2)27-21(28)19-6-4-3-5-18(19)20(24-27)22(29)26-13-11-25(12-14-26)15-17-7-9-23-10-8-17/h3-10,16H,11-15H2,1-2H3. The van der Waals surface area contributed by atoms with Gasteiger partial charge in [0.2, 0.25) is 0 Å². The Morgan fingerprint density at radius 2 is 1.66 bits per heavy atom. The van der Waals surface area contributed by atoms with Gasteiger partial charge in [-0.2, -0.15) is 5.10 Å². The molecule has 3 heterocycles. The van der Waals surface area contributed by atoms with Crippen LogP contribution in [0.15, 0.2) is 53.6 Å². The molecule has 7 nitrogen and oxygen atoms in total. The number of fused-ring (bicyclic) bond motifs is 1. The first kappa shape index (κ1) is 19.3. The monoisotopic (exact) mass is 391 g/mol. The Balaban J connectivity index is 1.55. The summed E-state index contributed by atoms with van der Waals surface area (Å²) in [5.41, 5.74) is 1.42. The Labute approximate surface area is 169 Å². The van der Waals surface area contributed by atoms with E-state index in [-0.39, 0.29) is 17.5 Å². The molecule has 1 aliphatic heterocycles. The van der Waals surface area contributed by atoms with Gasteiger partial charge in [0.25, 0.3) is 11.5 Å². The van der Waals surface area contributed by atoms with Crippen molar-refractivity contribution >= 4 is 16.7 Å². The SMILES string of the molecule is CC(C)n1nc(C(=O)N2CCN(Cc3ccncc3)CC2)c2ccccc2c1=O. The van der Waals surface area contributed by atoms with E-state index in [2.05, 4.69) is 15.0 Å². The maximum Gasteiger partial charge on any atom is 0.275 e. The molecule has 0 aliphatic carbocycles. The molecule has 150 valence electrons. The minimum atomic E-state index is -0.158. The molecule has 0 saturated carbocycles. The van der Waals surface area contributed by atoms with Crippen LogP contribution in [0.2, 0.25) is 0 Å². The number of nitrogens with zero attached hydrogens (tertiary/aromatic N) is 5. The Morgan fingerprint density at radius 3 is 2.31 bits per heavy atom. The second kappa shape index (κ2) is 8.13. The molecule has 1 fully saturated rings. The van der Waals surface area contributed by atoms with Gasteiger partial charge in [0.15, 0.2) is 5.69 Å². The molecule has 4 rings (SSSR count). The third-order valence-corrected chi connectivity index (χ3v) is 5.34. The second-order valence-corrected chi connectivity index (χ2v) is 7.66. The van der Waals surface area contributed by atoms with Gasteiger partial charge in [-0.05, 0) is 37.6 Å². The smallest absolute Gasteiger partial charge is 0.275 e. The van der Waals surface area contributed by atoms with Crippen molar-refractivity contribution in [2.45, 2.75) is 26.4 Å². The molecule has 0 spiro atoms. The predicted octanol–water partition coefficient (Wildman–Crippen LogP) is 2.33. The molecule has 0 unspecified atom stereocenters. The average Bonchev–Trinajstić information content (AvgIpc) is 2.75. The zero-order valence-corrected chi connectivity index (χ0v) is 16.8. The normalized spacial score (nSPS) is 15.2. The fourth-order valence-electron chi connectivity index (χ4n) is 3.72. The lowest BCUT2D eigenvalue weighted by Crippen LogP contribution is -2.48. The van der Waals surface area contributed by atoms with E-state index in [1.54, 1.807) is 24.5 Å². The summed E-state index contributed by atoms with van der Waals surface area (Å²) in [6.07, 6.45) is 3.60. The molecule has 3 aromatic rings. The highest BCUT2D eigenvalue weighted by atomic mass is 16.2. The molecule has 0 atom stereocenters. The lowest BCUT2D eigenvalue weighted by molar-refractivity contribution is 0.0622. The average molecular weight is 391 g/mol. The third kappa shape index (κ3) is 3.91. The van der Waals surface area contributed by atoms with Gasteiger partial charge in [0.05, 0.1) is 11.4 Å². The Morgan fingerprint density at radius 1 is 1.00 bits per heavy atom. The Hall–Kier alpha value is -3.06. The van der Waals surface area contributed by atoms with Crippen LogP contribution in [0.1, 0.15) is 35.9 Å². The van der Waals surface area contributed by atoms with Crippen LogP contribution in [0.3, 0.4) is 0 Å². The van der Waals surface area contributed by atoms with Gasteiger partial charge < -0.3 is 4.90 Å². The largest absolute Gasteiger partial charge is 0.335 e. The van der Waals surface area contributed by atoms with Crippen LogP contribution in [0, 0.1) is 0 Å². The van der Waals surface area contributed by atoms with Crippen molar-refractivity contribution in [3.05, 3.63) is 70.4 Å². The lowest BCUT2D eigenvalue weighted by Gasteiger charge is -2.34. The zero-order valence-electron chi connectivity index (χ0n) is 16.8. The first-order valence-corrected chi connectivity index (χ1v) is 9.96. The van der Waals surface area contributed by atoms with E-state index in [9.17, 15) is 9.59 Å². The number of hydrogen-bond acceptors (Lipinski definition) is 5. The van der Waals surface area contributed by atoms with Crippen LogP contribution < -0.4 is 5.56 Å². The molecular formula is C22H25N5O2. The van der Waals surface area contributed by atoms with Crippen LogP contribution in [0.25, 0.3) is 10.8 Å². The number of pyridine rings is 1. The van der Waals surface area contributed by atoms with Crippen molar-refractivity contribution in [3.8, 4) is 0 Å². The summed E-state index contributed by atoms with van der Waals surface area (Å²) in [7, 11) is 0. The van der Waals surface area contributed by atoms with Gasteiger partial charge in [-0.25, -0.2) is 4.68 Å². The van der Waals surface area contributed by atoms with Crippen LogP contribution >= 0.6 is 0 Å². The van der Waals surface area contributed by atoms with Crippen molar-refractivity contribution in [2.75, 3.05) is 26.2 Å². The fraction of sp³-hybridized carbons (Fsp3) is 0.364. The number of rotatable bonds is 4. The number of hydrogen-bond donors (Lipinski definition) is 0. The molecule has 1 aliphatic rings. The minimum absolute atomic E-state index is 0.112. The molecule has 1 amide bonds. The fourth-order valence-corrected chi connectivity index (χ4v) is 3.72. The van der Waals surface area contributed by atoms with Crippen LogP contribution in [-0.2, 0) is 6.54 Å². The Bertz CT molecular complexity index is 1070. The van der Waals surface area contributed by atoms with Crippen molar-refractivity contribution in [1.29, 1.82) is 0 Å². The number of carbonyl (C=O) groups is 1. The van der Waals surface area contributed by atoms with Gasteiger partial charge in [-0.15, -0.1) is 0 Å². The van der Waals surface area contributed by atoms with E-state index < -0.39 is 0 Å². The van der Waals surface area contributed by atoms with Gasteiger partial charge >= 0.3 is 0 Å². The number of benzene rings is 1. The number of amides is 1. The highest BCUT2D eigenvalue weighted by Gasteiger charge is 2.26. The second-order valence-electron chi connectivity index (χ2n) is 7.66. The van der Waals surface area contributed by atoms with E-state index in [4.69, 9.17) is 0 Å². The van der Waals surface area contributed by atoms with Crippen molar-refractivity contribution < 1.29 is 4.79 Å².